The number of hydrogen-bond acceptors (Lipinski definition) is 2. The van der Waals surface area contributed by atoms with Crippen molar-refractivity contribution in [2.75, 3.05) is 12.4 Å². The van der Waals surface area contributed by atoms with E-state index in [1.54, 1.807) is 19.2 Å². The van der Waals surface area contributed by atoms with E-state index in [9.17, 15) is 4.39 Å². The van der Waals surface area contributed by atoms with Gasteiger partial charge in [-0.3, -0.25) is 0 Å². The van der Waals surface area contributed by atoms with E-state index < -0.39 is 0 Å². The summed E-state index contributed by atoms with van der Waals surface area (Å²) in [4.78, 5) is 0. The second-order valence-corrected chi connectivity index (χ2v) is 4.95. The van der Waals surface area contributed by atoms with Crippen molar-refractivity contribution in [1.29, 1.82) is 0 Å². The maximum absolute atomic E-state index is 13.6. The largest absolute Gasteiger partial charge is 0.497 e. The number of nitrogens with one attached hydrogen (secondary N) is 1. The molecule has 0 amide bonds. The lowest BCUT2D eigenvalue weighted by Crippen LogP contribution is -2.25. The second-order valence-electron chi connectivity index (χ2n) is 4.95. The fourth-order valence-electron chi connectivity index (χ4n) is 2.37. The standard InChI is InChI=1S/C14H20FNO/c1-10-3-5-11(6-4-10)16-14-9-12(17-2)7-8-13(14)15/h7-11,16H,3-6H2,1-2H3. The molecule has 1 aliphatic rings. The summed E-state index contributed by atoms with van der Waals surface area (Å²) in [5, 5.41) is 3.29. The van der Waals surface area contributed by atoms with E-state index in [2.05, 4.69) is 12.2 Å². The van der Waals surface area contributed by atoms with E-state index in [1.807, 2.05) is 0 Å². The Morgan fingerprint density at radius 3 is 2.59 bits per heavy atom. The van der Waals surface area contributed by atoms with Crippen molar-refractivity contribution in [3.63, 3.8) is 0 Å². The molecule has 0 aromatic heterocycles. The van der Waals surface area contributed by atoms with Gasteiger partial charge in [-0.15, -0.1) is 0 Å². The maximum atomic E-state index is 13.6. The molecule has 1 saturated carbocycles. The van der Waals surface area contributed by atoms with Gasteiger partial charge in [0.1, 0.15) is 11.6 Å². The molecule has 0 aliphatic heterocycles. The number of ether oxygens (including phenoxy) is 1. The van der Waals surface area contributed by atoms with Gasteiger partial charge in [-0.1, -0.05) is 6.92 Å². The zero-order chi connectivity index (χ0) is 12.3. The Morgan fingerprint density at radius 2 is 1.94 bits per heavy atom. The highest BCUT2D eigenvalue weighted by molar-refractivity contribution is 5.50. The Balaban J connectivity index is 2.02. The first-order chi connectivity index (χ1) is 8.19. The second kappa shape index (κ2) is 5.39. The van der Waals surface area contributed by atoms with E-state index in [0.717, 1.165) is 18.8 Å². The smallest absolute Gasteiger partial charge is 0.146 e. The molecule has 0 saturated heterocycles. The predicted molar refractivity (Wildman–Crippen MR) is 68.0 cm³/mol. The highest BCUT2D eigenvalue weighted by Crippen LogP contribution is 2.28. The maximum Gasteiger partial charge on any atom is 0.146 e. The molecule has 1 aliphatic carbocycles. The Kier molecular flexibility index (Phi) is 3.87. The van der Waals surface area contributed by atoms with Gasteiger partial charge in [0, 0.05) is 12.1 Å². The Morgan fingerprint density at radius 1 is 1.24 bits per heavy atom. The van der Waals surface area contributed by atoms with E-state index in [4.69, 9.17) is 4.74 Å². The molecular weight excluding hydrogens is 217 g/mol. The molecule has 1 fully saturated rings. The van der Waals surface area contributed by atoms with Gasteiger partial charge >= 0.3 is 0 Å². The molecule has 1 aromatic carbocycles. The quantitative estimate of drug-likeness (QED) is 0.862. The van der Waals surface area contributed by atoms with Gasteiger partial charge in [0.2, 0.25) is 0 Å². The Hall–Kier alpha value is -1.25. The summed E-state index contributed by atoms with van der Waals surface area (Å²) in [6.07, 6.45) is 4.70. The number of anilines is 1. The lowest BCUT2D eigenvalue weighted by Gasteiger charge is -2.28. The summed E-state index contributed by atoms with van der Waals surface area (Å²) in [5.74, 6) is 1.30. The van der Waals surface area contributed by atoms with Crippen LogP contribution in [0.5, 0.6) is 5.75 Å². The molecule has 94 valence electrons. The molecule has 2 nitrogen and oxygen atoms in total. The molecule has 0 heterocycles. The normalized spacial score (nSPS) is 24.4. The fraction of sp³-hybridized carbons (Fsp3) is 0.571. The molecule has 0 radical (unpaired) electrons. The van der Waals surface area contributed by atoms with Crippen molar-refractivity contribution < 1.29 is 9.13 Å². The van der Waals surface area contributed by atoms with Gasteiger partial charge in [0.15, 0.2) is 0 Å². The van der Waals surface area contributed by atoms with Crippen molar-refractivity contribution in [2.45, 2.75) is 38.6 Å². The van der Waals surface area contributed by atoms with Crippen molar-refractivity contribution in [3.05, 3.63) is 24.0 Å². The summed E-state index contributed by atoms with van der Waals surface area (Å²) in [7, 11) is 1.60. The highest BCUT2D eigenvalue weighted by atomic mass is 19.1. The van der Waals surface area contributed by atoms with Crippen LogP contribution < -0.4 is 10.1 Å². The van der Waals surface area contributed by atoms with Crippen LogP contribution in [0.2, 0.25) is 0 Å². The molecule has 2 rings (SSSR count). The summed E-state index contributed by atoms with van der Waals surface area (Å²) in [6, 6.07) is 5.22. The number of benzene rings is 1. The third kappa shape index (κ3) is 3.11. The summed E-state index contributed by atoms with van der Waals surface area (Å²) in [6.45, 7) is 2.28. The van der Waals surface area contributed by atoms with Crippen molar-refractivity contribution in [2.24, 2.45) is 5.92 Å². The minimum absolute atomic E-state index is 0.204. The summed E-state index contributed by atoms with van der Waals surface area (Å²) < 4.78 is 18.7. The molecule has 1 N–H and O–H groups in total. The molecular formula is C14H20FNO. The first-order valence-corrected chi connectivity index (χ1v) is 6.29. The van der Waals surface area contributed by atoms with Gasteiger partial charge in [0.25, 0.3) is 0 Å². The number of rotatable bonds is 3. The van der Waals surface area contributed by atoms with E-state index in [1.165, 1.54) is 18.9 Å². The van der Waals surface area contributed by atoms with Crippen LogP contribution in [0.25, 0.3) is 0 Å². The van der Waals surface area contributed by atoms with Crippen LogP contribution in [0.1, 0.15) is 32.6 Å². The first kappa shape index (κ1) is 12.2. The van der Waals surface area contributed by atoms with Crippen LogP contribution in [0.15, 0.2) is 18.2 Å². The van der Waals surface area contributed by atoms with Crippen LogP contribution in [0.4, 0.5) is 10.1 Å². The molecule has 3 heteroatoms. The minimum Gasteiger partial charge on any atom is -0.497 e. The van der Waals surface area contributed by atoms with Crippen LogP contribution >= 0.6 is 0 Å². The van der Waals surface area contributed by atoms with E-state index in [0.29, 0.717) is 17.5 Å². The Labute approximate surface area is 102 Å². The number of methoxy groups -OCH3 is 1. The summed E-state index contributed by atoms with van der Waals surface area (Å²) in [5.41, 5.74) is 0.559. The minimum atomic E-state index is -0.204. The van der Waals surface area contributed by atoms with Crippen molar-refractivity contribution in [1.82, 2.24) is 0 Å². The lowest BCUT2D eigenvalue weighted by molar-refractivity contribution is 0.360. The molecule has 0 unspecified atom stereocenters. The Bertz CT molecular complexity index is 372. The topological polar surface area (TPSA) is 21.3 Å². The van der Waals surface area contributed by atoms with Crippen LogP contribution in [0, 0.1) is 11.7 Å². The zero-order valence-electron chi connectivity index (χ0n) is 10.5. The monoisotopic (exact) mass is 237 g/mol. The van der Waals surface area contributed by atoms with Gasteiger partial charge < -0.3 is 10.1 Å². The summed E-state index contributed by atoms with van der Waals surface area (Å²) >= 11 is 0. The van der Waals surface area contributed by atoms with Gasteiger partial charge in [0.05, 0.1) is 12.8 Å². The average molecular weight is 237 g/mol. The number of hydrogen-bond donors (Lipinski definition) is 1. The number of halogens is 1. The average Bonchev–Trinajstić information content (AvgIpc) is 2.35. The molecule has 0 spiro atoms. The van der Waals surface area contributed by atoms with Crippen molar-refractivity contribution >= 4 is 5.69 Å². The third-order valence-electron chi connectivity index (χ3n) is 3.55. The van der Waals surface area contributed by atoms with Crippen molar-refractivity contribution in [3.8, 4) is 5.75 Å². The van der Waals surface area contributed by atoms with Crippen LogP contribution in [0.3, 0.4) is 0 Å². The lowest BCUT2D eigenvalue weighted by atomic mass is 9.87. The van der Waals surface area contributed by atoms with E-state index in [-0.39, 0.29) is 5.82 Å². The van der Waals surface area contributed by atoms with Crippen LogP contribution in [-0.4, -0.2) is 13.2 Å². The fourth-order valence-corrected chi connectivity index (χ4v) is 2.37. The molecule has 0 bridgehead atoms. The van der Waals surface area contributed by atoms with E-state index >= 15 is 0 Å². The van der Waals surface area contributed by atoms with Crippen LogP contribution in [-0.2, 0) is 0 Å². The predicted octanol–water partition coefficient (Wildman–Crippen LogP) is 3.82. The highest BCUT2D eigenvalue weighted by Gasteiger charge is 2.19. The first-order valence-electron chi connectivity index (χ1n) is 6.29. The molecule has 0 atom stereocenters. The SMILES string of the molecule is COc1ccc(F)c(NC2CCC(C)CC2)c1. The molecule has 17 heavy (non-hydrogen) atoms. The van der Waals surface area contributed by atoms with Gasteiger partial charge in [-0.05, 0) is 43.7 Å². The molecule has 1 aromatic rings. The third-order valence-corrected chi connectivity index (χ3v) is 3.55. The van der Waals surface area contributed by atoms with Gasteiger partial charge in [-0.25, -0.2) is 4.39 Å². The zero-order valence-corrected chi connectivity index (χ0v) is 10.5. The van der Waals surface area contributed by atoms with Gasteiger partial charge in [-0.2, -0.15) is 0 Å².